The fraction of sp³-hybridized carbons (Fsp3) is 0.312. The Hall–Kier alpha value is -1.72. The number of morpholine rings is 1. The SMILES string of the molecule is O=C(Cc1cccs1)N1CCOC(c2ccc(F)cc2)C1. The average Bonchev–Trinajstić information content (AvgIpc) is 3.01. The monoisotopic (exact) mass is 305 g/mol. The van der Waals surface area contributed by atoms with Crippen LogP contribution in [0.1, 0.15) is 16.5 Å². The molecule has 0 radical (unpaired) electrons. The maximum Gasteiger partial charge on any atom is 0.228 e. The Bertz CT molecular complexity index is 597. The molecule has 1 aliphatic rings. The normalized spacial score (nSPS) is 18.7. The van der Waals surface area contributed by atoms with Crippen LogP contribution in [0.2, 0.25) is 0 Å². The number of carbonyl (C=O) groups is 1. The number of hydrogen-bond acceptors (Lipinski definition) is 3. The summed E-state index contributed by atoms with van der Waals surface area (Å²) < 4.78 is 18.7. The molecule has 1 unspecified atom stereocenters. The Balaban J connectivity index is 1.65. The number of ether oxygens (including phenoxy) is 1. The maximum absolute atomic E-state index is 13.0. The van der Waals surface area contributed by atoms with Crippen molar-refractivity contribution in [3.63, 3.8) is 0 Å². The highest BCUT2D eigenvalue weighted by atomic mass is 32.1. The summed E-state index contributed by atoms with van der Waals surface area (Å²) in [5.41, 5.74) is 0.907. The number of rotatable bonds is 3. The second-order valence-corrected chi connectivity index (χ2v) is 6.04. The van der Waals surface area contributed by atoms with Gasteiger partial charge in [-0.2, -0.15) is 0 Å². The lowest BCUT2D eigenvalue weighted by atomic mass is 10.1. The van der Waals surface area contributed by atoms with Crippen molar-refractivity contribution in [1.29, 1.82) is 0 Å². The van der Waals surface area contributed by atoms with E-state index >= 15 is 0 Å². The van der Waals surface area contributed by atoms with E-state index in [1.54, 1.807) is 23.5 Å². The van der Waals surface area contributed by atoms with E-state index in [2.05, 4.69) is 0 Å². The van der Waals surface area contributed by atoms with Crippen LogP contribution in [0.4, 0.5) is 4.39 Å². The van der Waals surface area contributed by atoms with Crippen LogP contribution in [0.3, 0.4) is 0 Å². The third-order valence-corrected chi connectivity index (χ3v) is 4.44. The van der Waals surface area contributed by atoms with E-state index in [4.69, 9.17) is 4.74 Å². The zero-order valence-electron chi connectivity index (χ0n) is 11.5. The van der Waals surface area contributed by atoms with E-state index in [1.807, 2.05) is 22.4 Å². The van der Waals surface area contributed by atoms with E-state index in [9.17, 15) is 9.18 Å². The Kier molecular flexibility index (Phi) is 4.31. The standard InChI is InChI=1S/C16H16FNO2S/c17-13-5-3-12(4-6-13)15-11-18(7-8-20-15)16(19)10-14-2-1-9-21-14/h1-6,9,15H,7-8,10-11H2. The highest BCUT2D eigenvalue weighted by molar-refractivity contribution is 7.10. The molecule has 0 spiro atoms. The van der Waals surface area contributed by atoms with Gasteiger partial charge in [-0.15, -0.1) is 11.3 Å². The van der Waals surface area contributed by atoms with E-state index in [1.165, 1.54) is 12.1 Å². The highest BCUT2D eigenvalue weighted by Gasteiger charge is 2.25. The van der Waals surface area contributed by atoms with Crippen LogP contribution in [0.15, 0.2) is 41.8 Å². The minimum Gasteiger partial charge on any atom is -0.370 e. The van der Waals surface area contributed by atoms with Crippen LogP contribution in [0, 0.1) is 5.82 Å². The molecule has 0 aliphatic carbocycles. The van der Waals surface area contributed by atoms with Gasteiger partial charge in [0.25, 0.3) is 0 Å². The van der Waals surface area contributed by atoms with Gasteiger partial charge in [0.1, 0.15) is 11.9 Å². The van der Waals surface area contributed by atoms with Gasteiger partial charge in [0.15, 0.2) is 0 Å². The fourth-order valence-corrected chi connectivity index (χ4v) is 3.12. The zero-order valence-corrected chi connectivity index (χ0v) is 12.3. The lowest BCUT2D eigenvalue weighted by Crippen LogP contribution is -2.42. The Morgan fingerprint density at radius 2 is 2.14 bits per heavy atom. The first-order valence-electron chi connectivity index (χ1n) is 6.89. The molecule has 1 atom stereocenters. The van der Waals surface area contributed by atoms with Crippen molar-refractivity contribution >= 4 is 17.2 Å². The average molecular weight is 305 g/mol. The van der Waals surface area contributed by atoms with Crippen LogP contribution in [-0.2, 0) is 16.0 Å². The van der Waals surface area contributed by atoms with Gasteiger partial charge in [0.2, 0.25) is 5.91 Å². The predicted molar refractivity (Wildman–Crippen MR) is 79.7 cm³/mol. The number of amides is 1. The van der Waals surface area contributed by atoms with Crippen molar-refractivity contribution in [1.82, 2.24) is 4.90 Å². The lowest BCUT2D eigenvalue weighted by molar-refractivity contribution is -0.138. The van der Waals surface area contributed by atoms with Crippen molar-refractivity contribution in [2.24, 2.45) is 0 Å². The topological polar surface area (TPSA) is 29.5 Å². The molecule has 110 valence electrons. The molecule has 1 aromatic heterocycles. The van der Waals surface area contributed by atoms with Gasteiger partial charge in [-0.3, -0.25) is 4.79 Å². The van der Waals surface area contributed by atoms with Crippen LogP contribution >= 0.6 is 11.3 Å². The van der Waals surface area contributed by atoms with Crippen molar-refractivity contribution in [2.75, 3.05) is 19.7 Å². The zero-order chi connectivity index (χ0) is 14.7. The van der Waals surface area contributed by atoms with Gasteiger partial charge in [-0.05, 0) is 29.1 Å². The molecule has 0 saturated carbocycles. The quantitative estimate of drug-likeness (QED) is 0.872. The van der Waals surface area contributed by atoms with Crippen molar-refractivity contribution < 1.29 is 13.9 Å². The Labute approximate surface area is 127 Å². The van der Waals surface area contributed by atoms with Gasteiger partial charge < -0.3 is 9.64 Å². The second kappa shape index (κ2) is 6.37. The maximum atomic E-state index is 13.0. The molecule has 1 fully saturated rings. The molecule has 1 amide bonds. The first-order chi connectivity index (χ1) is 10.2. The third kappa shape index (κ3) is 3.49. The summed E-state index contributed by atoms with van der Waals surface area (Å²) in [5, 5.41) is 1.98. The summed E-state index contributed by atoms with van der Waals surface area (Å²) in [5.74, 6) is -0.145. The van der Waals surface area contributed by atoms with Gasteiger partial charge >= 0.3 is 0 Å². The summed E-state index contributed by atoms with van der Waals surface area (Å²) >= 11 is 1.59. The lowest BCUT2D eigenvalue weighted by Gasteiger charge is -2.33. The summed E-state index contributed by atoms with van der Waals surface area (Å²) in [6.07, 6.45) is 0.264. The smallest absolute Gasteiger partial charge is 0.228 e. The number of carbonyl (C=O) groups excluding carboxylic acids is 1. The summed E-state index contributed by atoms with van der Waals surface area (Å²) in [6.45, 7) is 1.65. The Morgan fingerprint density at radius 3 is 2.86 bits per heavy atom. The molecule has 1 aromatic carbocycles. The summed E-state index contributed by atoms with van der Waals surface area (Å²) in [4.78, 5) is 15.2. The number of halogens is 1. The van der Waals surface area contributed by atoms with Crippen LogP contribution in [0.25, 0.3) is 0 Å². The molecule has 21 heavy (non-hydrogen) atoms. The minimum atomic E-state index is -0.264. The van der Waals surface area contributed by atoms with Crippen LogP contribution in [-0.4, -0.2) is 30.5 Å². The van der Waals surface area contributed by atoms with Crippen LogP contribution in [0.5, 0.6) is 0 Å². The van der Waals surface area contributed by atoms with Crippen LogP contribution < -0.4 is 0 Å². The number of hydrogen-bond donors (Lipinski definition) is 0. The van der Waals surface area contributed by atoms with E-state index in [0.717, 1.165) is 10.4 Å². The number of benzene rings is 1. The molecular formula is C16H16FNO2S. The summed E-state index contributed by atoms with van der Waals surface area (Å²) in [6, 6.07) is 10.2. The van der Waals surface area contributed by atoms with E-state index in [0.29, 0.717) is 26.1 Å². The van der Waals surface area contributed by atoms with Crippen molar-refractivity contribution in [2.45, 2.75) is 12.5 Å². The van der Waals surface area contributed by atoms with Gasteiger partial charge in [0, 0.05) is 11.4 Å². The minimum absolute atomic E-state index is 0.118. The Morgan fingerprint density at radius 1 is 1.33 bits per heavy atom. The van der Waals surface area contributed by atoms with Crippen molar-refractivity contribution in [3.05, 3.63) is 58.0 Å². The van der Waals surface area contributed by atoms with Gasteiger partial charge in [-0.25, -0.2) is 4.39 Å². The van der Waals surface area contributed by atoms with E-state index in [-0.39, 0.29) is 17.8 Å². The molecule has 0 bridgehead atoms. The van der Waals surface area contributed by atoms with E-state index < -0.39 is 0 Å². The molecule has 2 aromatic rings. The summed E-state index contributed by atoms with van der Waals surface area (Å²) in [7, 11) is 0. The highest BCUT2D eigenvalue weighted by Crippen LogP contribution is 2.23. The third-order valence-electron chi connectivity index (χ3n) is 3.57. The first-order valence-corrected chi connectivity index (χ1v) is 7.77. The molecule has 1 saturated heterocycles. The molecule has 1 aliphatic heterocycles. The molecule has 3 nitrogen and oxygen atoms in total. The fourth-order valence-electron chi connectivity index (χ4n) is 2.43. The van der Waals surface area contributed by atoms with Gasteiger partial charge in [-0.1, -0.05) is 18.2 Å². The predicted octanol–water partition coefficient (Wildman–Crippen LogP) is 3.03. The largest absolute Gasteiger partial charge is 0.370 e. The molecule has 2 heterocycles. The molecule has 5 heteroatoms. The first kappa shape index (κ1) is 14.2. The molecule has 0 N–H and O–H groups in total. The number of nitrogens with zero attached hydrogens (tertiary/aromatic N) is 1. The second-order valence-electron chi connectivity index (χ2n) is 5.01. The van der Waals surface area contributed by atoms with Crippen molar-refractivity contribution in [3.8, 4) is 0 Å². The van der Waals surface area contributed by atoms with Gasteiger partial charge in [0.05, 0.1) is 19.6 Å². The molecule has 3 rings (SSSR count). The number of thiophene rings is 1. The molecular weight excluding hydrogens is 289 g/mol.